The standard InChI is InChI=1S/C25H30N6O5/c1-25(2)35-14-18(36-25)13-34-17-7-9-26-21(11-17)29-24(33)31-16-8-10-30(12-16)20-6-5-19(28-22(20)31)23(32)27-15-3-4-15/h5-7,9,11,15-16,18H,3-4,8,10,12-14H2,1-2H3,(H,27,32)(H,26,29,33)/t16?,18-/m1/s1. The summed E-state index contributed by atoms with van der Waals surface area (Å²) in [4.78, 5) is 38.9. The van der Waals surface area contributed by atoms with Gasteiger partial charge < -0.3 is 24.4 Å². The Morgan fingerprint density at radius 2 is 2.08 bits per heavy atom. The molecule has 0 aromatic carbocycles. The molecular weight excluding hydrogens is 464 g/mol. The van der Waals surface area contributed by atoms with Crippen molar-refractivity contribution in [2.75, 3.05) is 41.4 Å². The van der Waals surface area contributed by atoms with Crippen LogP contribution in [0.4, 0.5) is 22.1 Å². The molecule has 2 saturated heterocycles. The molecule has 2 N–H and O–H groups in total. The summed E-state index contributed by atoms with van der Waals surface area (Å²) in [5.74, 6) is 0.611. The zero-order chi connectivity index (χ0) is 24.9. The molecule has 2 aromatic rings. The van der Waals surface area contributed by atoms with Crippen LogP contribution in [0, 0.1) is 0 Å². The van der Waals surface area contributed by atoms with Crippen molar-refractivity contribution >= 4 is 29.3 Å². The molecular formula is C25H30N6O5. The van der Waals surface area contributed by atoms with Crippen LogP contribution in [0.1, 0.15) is 43.6 Å². The first kappa shape index (κ1) is 23.0. The lowest BCUT2D eigenvalue weighted by Crippen LogP contribution is -2.48. The Morgan fingerprint density at radius 3 is 2.86 bits per heavy atom. The number of nitrogens with one attached hydrogen (secondary N) is 2. The molecule has 6 rings (SSSR count). The lowest BCUT2D eigenvalue weighted by atomic mass is 10.1. The predicted molar refractivity (Wildman–Crippen MR) is 131 cm³/mol. The van der Waals surface area contributed by atoms with Gasteiger partial charge in [-0.3, -0.25) is 15.0 Å². The van der Waals surface area contributed by atoms with Crippen LogP contribution >= 0.6 is 0 Å². The number of aromatic nitrogens is 2. The van der Waals surface area contributed by atoms with Crippen molar-refractivity contribution < 1.29 is 23.8 Å². The zero-order valence-electron chi connectivity index (χ0n) is 20.4. The first-order valence-corrected chi connectivity index (χ1v) is 12.4. The Bertz CT molecular complexity index is 1190. The molecule has 4 aliphatic rings. The van der Waals surface area contributed by atoms with E-state index in [1.165, 1.54) is 0 Å². The smallest absolute Gasteiger partial charge is 0.329 e. The predicted octanol–water partition coefficient (Wildman–Crippen LogP) is 2.53. The largest absolute Gasteiger partial charge is 0.491 e. The number of pyridine rings is 2. The third kappa shape index (κ3) is 4.68. The third-order valence-corrected chi connectivity index (χ3v) is 6.79. The number of ether oxygens (including phenoxy) is 3. The van der Waals surface area contributed by atoms with Gasteiger partial charge in [-0.25, -0.2) is 14.8 Å². The summed E-state index contributed by atoms with van der Waals surface area (Å²) in [6.45, 7) is 6.09. The molecule has 2 atom stereocenters. The second kappa shape index (κ2) is 8.90. The molecule has 0 radical (unpaired) electrons. The molecule has 11 nitrogen and oxygen atoms in total. The first-order valence-electron chi connectivity index (χ1n) is 12.4. The summed E-state index contributed by atoms with van der Waals surface area (Å²) in [6.07, 6.45) is 4.23. The topological polar surface area (TPSA) is 118 Å². The molecule has 1 saturated carbocycles. The highest BCUT2D eigenvalue weighted by Crippen LogP contribution is 2.39. The summed E-state index contributed by atoms with van der Waals surface area (Å²) in [7, 11) is 0. The van der Waals surface area contributed by atoms with Crippen LogP contribution in [0.25, 0.3) is 0 Å². The van der Waals surface area contributed by atoms with E-state index in [0.717, 1.165) is 38.0 Å². The molecule has 2 bridgehead atoms. The van der Waals surface area contributed by atoms with Gasteiger partial charge in [-0.2, -0.15) is 0 Å². The van der Waals surface area contributed by atoms with Gasteiger partial charge in [0.1, 0.15) is 30.0 Å². The molecule has 1 aliphatic carbocycles. The maximum absolute atomic E-state index is 13.5. The molecule has 3 aliphatic heterocycles. The monoisotopic (exact) mass is 494 g/mol. The number of urea groups is 1. The minimum Gasteiger partial charge on any atom is -0.491 e. The van der Waals surface area contributed by atoms with Crippen LogP contribution in [-0.2, 0) is 9.47 Å². The van der Waals surface area contributed by atoms with Gasteiger partial charge in [-0.15, -0.1) is 0 Å². The minimum atomic E-state index is -0.613. The highest BCUT2D eigenvalue weighted by Gasteiger charge is 2.41. The van der Waals surface area contributed by atoms with Crippen LogP contribution < -0.4 is 25.2 Å². The van der Waals surface area contributed by atoms with Crippen molar-refractivity contribution in [1.82, 2.24) is 15.3 Å². The van der Waals surface area contributed by atoms with E-state index in [9.17, 15) is 9.59 Å². The van der Waals surface area contributed by atoms with Crippen molar-refractivity contribution in [2.24, 2.45) is 0 Å². The van der Waals surface area contributed by atoms with E-state index in [-0.39, 0.29) is 30.1 Å². The Labute approximate surface area is 209 Å². The Balaban J connectivity index is 1.17. The van der Waals surface area contributed by atoms with Gasteiger partial charge in [0.2, 0.25) is 0 Å². The number of nitrogens with zero attached hydrogens (tertiary/aromatic N) is 4. The van der Waals surface area contributed by atoms with Gasteiger partial charge in [0.05, 0.1) is 18.3 Å². The van der Waals surface area contributed by atoms with Gasteiger partial charge in [0.25, 0.3) is 5.91 Å². The van der Waals surface area contributed by atoms with Crippen LogP contribution in [0.2, 0.25) is 0 Å². The first-order chi connectivity index (χ1) is 17.3. The molecule has 36 heavy (non-hydrogen) atoms. The Kier molecular flexibility index (Phi) is 5.68. The number of carbonyl (C=O) groups is 2. The third-order valence-electron chi connectivity index (χ3n) is 6.79. The fourth-order valence-electron chi connectivity index (χ4n) is 4.86. The van der Waals surface area contributed by atoms with E-state index >= 15 is 0 Å². The van der Waals surface area contributed by atoms with Gasteiger partial charge in [-0.05, 0) is 51.3 Å². The maximum Gasteiger partial charge on any atom is 0.329 e. The summed E-state index contributed by atoms with van der Waals surface area (Å²) in [5, 5.41) is 5.86. The van der Waals surface area contributed by atoms with E-state index in [4.69, 9.17) is 14.2 Å². The number of hydrogen-bond donors (Lipinski definition) is 2. The molecule has 11 heteroatoms. The average Bonchev–Trinajstić information content (AvgIpc) is 3.46. The SMILES string of the molecule is CC1(C)OC[C@@H](COc2ccnc(NC(=O)N3c4nc(C(=O)NC5CC5)ccc4N4CCC3C4)c2)O1. The molecule has 5 heterocycles. The van der Waals surface area contributed by atoms with Crippen molar-refractivity contribution in [2.45, 2.75) is 57.1 Å². The van der Waals surface area contributed by atoms with Crippen LogP contribution in [0.3, 0.4) is 0 Å². The quantitative estimate of drug-likeness (QED) is 0.629. The molecule has 1 unspecified atom stereocenters. The van der Waals surface area contributed by atoms with Gasteiger partial charge in [-0.1, -0.05) is 0 Å². The van der Waals surface area contributed by atoms with Gasteiger partial charge >= 0.3 is 6.03 Å². The van der Waals surface area contributed by atoms with Crippen molar-refractivity contribution in [3.8, 4) is 5.75 Å². The summed E-state index contributed by atoms with van der Waals surface area (Å²) >= 11 is 0. The number of rotatable bonds is 6. The highest BCUT2D eigenvalue weighted by molar-refractivity contribution is 6.05. The van der Waals surface area contributed by atoms with Crippen LogP contribution in [0.15, 0.2) is 30.5 Å². The zero-order valence-corrected chi connectivity index (χ0v) is 20.4. The lowest BCUT2D eigenvalue weighted by molar-refractivity contribution is -0.141. The fourth-order valence-corrected chi connectivity index (χ4v) is 4.86. The van der Waals surface area contributed by atoms with E-state index < -0.39 is 5.79 Å². The second-order valence-electron chi connectivity index (χ2n) is 10.1. The van der Waals surface area contributed by atoms with Gasteiger partial charge in [0.15, 0.2) is 11.6 Å². The average molecular weight is 495 g/mol. The van der Waals surface area contributed by atoms with Crippen molar-refractivity contribution in [3.05, 3.63) is 36.2 Å². The van der Waals surface area contributed by atoms with E-state index in [1.54, 1.807) is 29.3 Å². The molecule has 0 spiro atoms. The van der Waals surface area contributed by atoms with Crippen LogP contribution in [-0.4, -0.2) is 72.2 Å². The Hall–Kier alpha value is -3.44. The number of fused-ring (bicyclic) bond motifs is 4. The second-order valence-corrected chi connectivity index (χ2v) is 10.1. The number of carbonyl (C=O) groups excluding carboxylic acids is 2. The summed E-state index contributed by atoms with van der Waals surface area (Å²) in [6, 6.07) is 6.88. The summed E-state index contributed by atoms with van der Waals surface area (Å²) in [5.41, 5.74) is 1.17. The van der Waals surface area contributed by atoms with Crippen molar-refractivity contribution in [3.63, 3.8) is 0 Å². The number of anilines is 3. The lowest BCUT2D eigenvalue weighted by Gasteiger charge is -2.35. The fraction of sp³-hybridized carbons (Fsp3) is 0.520. The molecule has 190 valence electrons. The van der Waals surface area contributed by atoms with E-state index in [1.807, 2.05) is 19.9 Å². The van der Waals surface area contributed by atoms with E-state index in [0.29, 0.717) is 36.3 Å². The normalized spacial score (nSPS) is 23.8. The molecule has 3 amide bonds. The number of amides is 3. The molecule has 2 aromatic heterocycles. The minimum absolute atomic E-state index is 0.0333. The van der Waals surface area contributed by atoms with Crippen molar-refractivity contribution in [1.29, 1.82) is 0 Å². The summed E-state index contributed by atoms with van der Waals surface area (Å²) < 4.78 is 17.2. The van der Waals surface area contributed by atoms with Gasteiger partial charge in [0, 0.05) is 31.4 Å². The highest BCUT2D eigenvalue weighted by atomic mass is 16.7. The number of hydrogen-bond acceptors (Lipinski definition) is 8. The Morgan fingerprint density at radius 1 is 1.22 bits per heavy atom. The maximum atomic E-state index is 13.5. The van der Waals surface area contributed by atoms with E-state index in [2.05, 4.69) is 25.5 Å². The van der Waals surface area contributed by atoms with Crippen LogP contribution in [0.5, 0.6) is 5.75 Å². The molecule has 3 fully saturated rings.